The molecule has 2 heteroatoms. The lowest BCUT2D eigenvalue weighted by Crippen LogP contribution is -2.35. The fraction of sp³-hybridized carbons (Fsp3) is 0.400. The predicted octanol–water partition coefficient (Wildman–Crippen LogP) is 2.68. The van der Waals surface area contributed by atoms with Crippen LogP contribution in [0, 0.1) is 6.92 Å². The van der Waals surface area contributed by atoms with E-state index in [1.165, 1.54) is 17.5 Å². The van der Waals surface area contributed by atoms with E-state index < -0.39 is 0 Å². The normalized spacial score (nSPS) is 22.0. The van der Waals surface area contributed by atoms with Gasteiger partial charge in [0, 0.05) is 11.1 Å². The van der Waals surface area contributed by atoms with Crippen molar-refractivity contribution >= 4 is 11.6 Å². The number of halogens is 1. The van der Waals surface area contributed by atoms with Gasteiger partial charge < -0.3 is 5.32 Å². The van der Waals surface area contributed by atoms with Gasteiger partial charge in [0.2, 0.25) is 0 Å². The van der Waals surface area contributed by atoms with Crippen molar-refractivity contribution < 1.29 is 0 Å². The van der Waals surface area contributed by atoms with Gasteiger partial charge in [0.05, 0.1) is 0 Å². The monoisotopic (exact) mass is 181 g/mol. The molecule has 0 bridgehead atoms. The van der Waals surface area contributed by atoms with E-state index in [4.69, 9.17) is 11.6 Å². The maximum atomic E-state index is 6.10. The first kappa shape index (κ1) is 8.09. The molecule has 64 valence electrons. The third kappa shape index (κ3) is 1.35. The fourth-order valence-corrected chi connectivity index (χ4v) is 1.84. The van der Waals surface area contributed by atoms with Crippen LogP contribution in [0.4, 0.5) is 0 Å². The molecule has 1 nitrogen and oxygen atoms in total. The van der Waals surface area contributed by atoms with Gasteiger partial charge in [0.25, 0.3) is 0 Å². The van der Waals surface area contributed by atoms with E-state index in [1.807, 2.05) is 6.07 Å². The first-order valence-corrected chi connectivity index (χ1v) is 4.64. The summed E-state index contributed by atoms with van der Waals surface area (Å²) in [4.78, 5) is 0. The molecule has 0 aromatic heterocycles. The molecule has 1 aromatic carbocycles. The highest BCUT2D eigenvalue weighted by Crippen LogP contribution is 2.29. The molecule has 1 heterocycles. The van der Waals surface area contributed by atoms with E-state index in [1.54, 1.807) is 0 Å². The SMILES string of the molecule is Cc1ccc([C@H]2CCN2)c(Cl)c1. The molecule has 2 rings (SSSR count). The van der Waals surface area contributed by atoms with Crippen LogP contribution in [0.5, 0.6) is 0 Å². The standard InChI is InChI=1S/C10H12ClN/c1-7-2-3-8(9(11)6-7)10-4-5-12-10/h2-3,6,10,12H,4-5H2,1H3/t10-/m1/s1. The van der Waals surface area contributed by atoms with Crippen molar-refractivity contribution in [3.8, 4) is 0 Å². The molecule has 12 heavy (non-hydrogen) atoms. The molecule has 1 N–H and O–H groups in total. The number of rotatable bonds is 1. The molecular weight excluding hydrogens is 170 g/mol. The summed E-state index contributed by atoms with van der Waals surface area (Å²) in [6.45, 7) is 3.18. The Morgan fingerprint density at radius 2 is 2.25 bits per heavy atom. The van der Waals surface area contributed by atoms with Gasteiger partial charge >= 0.3 is 0 Å². The van der Waals surface area contributed by atoms with E-state index in [2.05, 4.69) is 24.4 Å². The van der Waals surface area contributed by atoms with E-state index in [9.17, 15) is 0 Å². The third-order valence-corrected chi connectivity index (χ3v) is 2.68. The van der Waals surface area contributed by atoms with Crippen LogP contribution >= 0.6 is 11.6 Å². The van der Waals surface area contributed by atoms with Crippen LogP contribution in [-0.4, -0.2) is 6.54 Å². The zero-order chi connectivity index (χ0) is 8.55. The van der Waals surface area contributed by atoms with Crippen LogP contribution in [0.2, 0.25) is 5.02 Å². The van der Waals surface area contributed by atoms with Crippen LogP contribution in [0.15, 0.2) is 18.2 Å². The zero-order valence-corrected chi connectivity index (χ0v) is 7.86. The van der Waals surface area contributed by atoms with Gasteiger partial charge in [0.1, 0.15) is 0 Å². The van der Waals surface area contributed by atoms with Gasteiger partial charge in [-0.1, -0.05) is 23.7 Å². The molecule has 1 saturated heterocycles. The maximum absolute atomic E-state index is 6.10. The maximum Gasteiger partial charge on any atom is 0.0456 e. The van der Waals surface area contributed by atoms with Crippen molar-refractivity contribution in [3.63, 3.8) is 0 Å². The second-order valence-corrected chi connectivity index (χ2v) is 3.73. The Hall–Kier alpha value is -0.530. The summed E-state index contributed by atoms with van der Waals surface area (Å²) in [5, 5.41) is 4.23. The molecule has 0 saturated carbocycles. The summed E-state index contributed by atoms with van der Waals surface area (Å²) in [6, 6.07) is 6.75. The molecule has 0 aliphatic carbocycles. The van der Waals surface area contributed by atoms with Crippen molar-refractivity contribution in [2.45, 2.75) is 19.4 Å². The molecule has 1 atom stereocenters. The zero-order valence-electron chi connectivity index (χ0n) is 7.10. The Morgan fingerprint density at radius 1 is 1.50 bits per heavy atom. The lowest BCUT2D eigenvalue weighted by Gasteiger charge is -2.28. The number of hydrogen-bond donors (Lipinski definition) is 1. The smallest absolute Gasteiger partial charge is 0.0456 e. The first-order valence-electron chi connectivity index (χ1n) is 4.27. The van der Waals surface area contributed by atoms with Crippen molar-refractivity contribution in [1.82, 2.24) is 5.32 Å². The average Bonchev–Trinajstić information content (AvgIpc) is 1.91. The van der Waals surface area contributed by atoms with Gasteiger partial charge in [0.15, 0.2) is 0 Å². The third-order valence-electron chi connectivity index (χ3n) is 2.36. The Kier molecular flexibility index (Phi) is 2.07. The van der Waals surface area contributed by atoms with Crippen LogP contribution in [0.3, 0.4) is 0 Å². The molecular formula is C10H12ClN. The molecule has 0 amide bonds. The van der Waals surface area contributed by atoms with Gasteiger partial charge in [-0.25, -0.2) is 0 Å². The number of aryl methyl sites for hydroxylation is 1. The van der Waals surface area contributed by atoms with Crippen molar-refractivity contribution in [1.29, 1.82) is 0 Å². The topological polar surface area (TPSA) is 12.0 Å². The lowest BCUT2D eigenvalue weighted by molar-refractivity contribution is 0.383. The summed E-state index contributed by atoms with van der Waals surface area (Å²) in [7, 11) is 0. The quantitative estimate of drug-likeness (QED) is 0.703. The van der Waals surface area contributed by atoms with Crippen molar-refractivity contribution in [3.05, 3.63) is 34.3 Å². The highest BCUT2D eigenvalue weighted by atomic mass is 35.5. The van der Waals surface area contributed by atoms with Crippen molar-refractivity contribution in [2.75, 3.05) is 6.54 Å². The fourth-order valence-electron chi connectivity index (χ4n) is 1.47. The van der Waals surface area contributed by atoms with Gasteiger partial charge in [-0.05, 0) is 37.1 Å². The van der Waals surface area contributed by atoms with Crippen LogP contribution in [0.1, 0.15) is 23.6 Å². The molecule has 0 spiro atoms. The predicted molar refractivity (Wildman–Crippen MR) is 51.5 cm³/mol. The average molecular weight is 182 g/mol. The summed E-state index contributed by atoms with van der Waals surface area (Å²) in [6.07, 6.45) is 1.21. The minimum Gasteiger partial charge on any atom is -0.310 e. The first-order chi connectivity index (χ1) is 5.77. The van der Waals surface area contributed by atoms with E-state index in [-0.39, 0.29) is 0 Å². The Morgan fingerprint density at radius 3 is 2.75 bits per heavy atom. The molecule has 0 unspecified atom stereocenters. The summed E-state index contributed by atoms with van der Waals surface area (Å²) >= 11 is 6.10. The number of nitrogens with one attached hydrogen (secondary N) is 1. The minimum atomic E-state index is 0.498. The van der Waals surface area contributed by atoms with E-state index in [0.29, 0.717) is 6.04 Å². The molecule has 1 fully saturated rings. The Bertz CT molecular complexity index is 292. The second-order valence-electron chi connectivity index (χ2n) is 3.32. The summed E-state index contributed by atoms with van der Waals surface area (Å²) in [5.41, 5.74) is 2.47. The number of benzene rings is 1. The van der Waals surface area contributed by atoms with Crippen LogP contribution < -0.4 is 5.32 Å². The molecule has 1 aromatic rings. The second kappa shape index (κ2) is 3.08. The highest BCUT2D eigenvalue weighted by Gasteiger charge is 2.20. The molecule has 1 aliphatic heterocycles. The summed E-state index contributed by atoms with van der Waals surface area (Å²) in [5.74, 6) is 0. The lowest BCUT2D eigenvalue weighted by atomic mass is 9.97. The minimum absolute atomic E-state index is 0.498. The van der Waals surface area contributed by atoms with Crippen LogP contribution in [-0.2, 0) is 0 Å². The largest absolute Gasteiger partial charge is 0.310 e. The summed E-state index contributed by atoms with van der Waals surface area (Å²) < 4.78 is 0. The van der Waals surface area contributed by atoms with E-state index in [0.717, 1.165) is 11.6 Å². The van der Waals surface area contributed by atoms with Crippen LogP contribution in [0.25, 0.3) is 0 Å². The molecule has 0 radical (unpaired) electrons. The van der Waals surface area contributed by atoms with Gasteiger partial charge in [-0.2, -0.15) is 0 Å². The van der Waals surface area contributed by atoms with E-state index >= 15 is 0 Å². The van der Waals surface area contributed by atoms with Gasteiger partial charge in [-0.15, -0.1) is 0 Å². The Balaban J connectivity index is 2.31. The highest BCUT2D eigenvalue weighted by molar-refractivity contribution is 6.31. The number of hydrogen-bond acceptors (Lipinski definition) is 1. The van der Waals surface area contributed by atoms with Gasteiger partial charge in [-0.3, -0.25) is 0 Å². The Labute approximate surface area is 77.7 Å². The molecule has 1 aliphatic rings. The van der Waals surface area contributed by atoms with Crippen molar-refractivity contribution in [2.24, 2.45) is 0 Å².